The van der Waals surface area contributed by atoms with Gasteiger partial charge in [-0.1, -0.05) is 0 Å². The van der Waals surface area contributed by atoms with Crippen molar-refractivity contribution in [1.82, 2.24) is 15.0 Å². The van der Waals surface area contributed by atoms with Crippen LogP contribution < -0.4 is 15.0 Å². The first-order chi connectivity index (χ1) is 14.1. The van der Waals surface area contributed by atoms with Crippen LogP contribution in [0.5, 0.6) is 5.75 Å². The van der Waals surface area contributed by atoms with Gasteiger partial charge in [0.25, 0.3) is 0 Å². The molecule has 0 aliphatic carbocycles. The van der Waals surface area contributed by atoms with E-state index < -0.39 is 5.82 Å². The number of thiazole rings is 1. The van der Waals surface area contributed by atoms with Crippen LogP contribution in [0.25, 0.3) is 11.3 Å². The Labute approximate surface area is 171 Å². The highest BCUT2D eigenvalue weighted by atomic mass is 32.1. The lowest BCUT2D eigenvalue weighted by molar-refractivity contribution is -0.120. The molecule has 1 atom stereocenters. The van der Waals surface area contributed by atoms with E-state index in [2.05, 4.69) is 20.3 Å². The van der Waals surface area contributed by atoms with Gasteiger partial charge in [-0.3, -0.25) is 4.79 Å². The van der Waals surface area contributed by atoms with Gasteiger partial charge in [0.05, 0.1) is 18.7 Å². The second kappa shape index (κ2) is 8.52. The maximum Gasteiger partial charge on any atom is 0.231 e. The first kappa shape index (κ1) is 19.3. The molecule has 0 spiro atoms. The van der Waals surface area contributed by atoms with Crippen LogP contribution in [0.1, 0.15) is 12.8 Å². The van der Waals surface area contributed by atoms with E-state index >= 15 is 0 Å². The number of benzene rings is 1. The highest BCUT2D eigenvalue weighted by molar-refractivity contribution is 7.14. The molecular weight excluding hydrogens is 393 g/mol. The zero-order valence-corrected chi connectivity index (χ0v) is 16.7. The van der Waals surface area contributed by atoms with Crippen molar-refractivity contribution in [3.8, 4) is 17.0 Å². The first-order valence-corrected chi connectivity index (χ1v) is 10.1. The monoisotopic (exact) mass is 413 g/mol. The molecule has 9 heteroatoms. The predicted molar refractivity (Wildman–Crippen MR) is 110 cm³/mol. The summed E-state index contributed by atoms with van der Waals surface area (Å²) in [6.07, 6.45) is 5.10. The number of hydrogen-bond donors (Lipinski definition) is 1. The lowest BCUT2D eigenvalue weighted by Gasteiger charge is -2.31. The van der Waals surface area contributed by atoms with E-state index in [9.17, 15) is 9.18 Å². The number of anilines is 2. The van der Waals surface area contributed by atoms with Crippen molar-refractivity contribution in [3.05, 3.63) is 47.9 Å². The van der Waals surface area contributed by atoms with Crippen molar-refractivity contribution in [2.45, 2.75) is 12.8 Å². The van der Waals surface area contributed by atoms with Gasteiger partial charge < -0.3 is 15.0 Å². The lowest BCUT2D eigenvalue weighted by atomic mass is 9.97. The van der Waals surface area contributed by atoms with Gasteiger partial charge in [0, 0.05) is 36.4 Å². The topological polar surface area (TPSA) is 80.2 Å². The van der Waals surface area contributed by atoms with E-state index in [1.165, 1.54) is 24.5 Å². The van der Waals surface area contributed by atoms with Gasteiger partial charge in [0.2, 0.25) is 11.9 Å². The van der Waals surface area contributed by atoms with Crippen LogP contribution in [0.15, 0.2) is 42.0 Å². The second-order valence-electron chi connectivity index (χ2n) is 6.71. The SMILES string of the molecule is COc1ccc(-c2csc(NC(=O)C3CCCN(c4ncccn4)C3)n2)cc1F. The number of ether oxygens (including phenoxy) is 1. The van der Waals surface area contributed by atoms with Crippen molar-refractivity contribution in [2.75, 3.05) is 30.4 Å². The number of rotatable bonds is 5. The number of hydrogen-bond acceptors (Lipinski definition) is 7. The van der Waals surface area contributed by atoms with Gasteiger partial charge in [-0.05, 0) is 37.1 Å². The number of nitrogens with one attached hydrogen (secondary N) is 1. The molecule has 1 saturated heterocycles. The molecule has 7 nitrogen and oxygen atoms in total. The summed E-state index contributed by atoms with van der Waals surface area (Å²) in [4.78, 5) is 27.7. The van der Waals surface area contributed by atoms with Crippen molar-refractivity contribution < 1.29 is 13.9 Å². The van der Waals surface area contributed by atoms with Crippen LogP contribution in [-0.4, -0.2) is 41.1 Å². The maximum absolute atomic E-state index is 13.9. The van der Waals surface area contributed by atoms with E-state index in [0.29, 0.717) is 28.9 Å². The number of methoxy groups -OCH3 is 1. The molecule has 2 aromatic heterocycles. The Morgan fingerprint density at radius 3 is 2.93 bits per heavy atom. The van der Waals surface area contributed by atoms with Gasteiger partial charge in [0.15, 0.2) is 16.7 Å². The summed E-state index contributed by atoms with van der Waals surface area (Å²) in [6, 6.07) is 6.44. The van der Waals surface area contributed by atoms with Gasteiger partial charge >= 0.3 is 0 Å². The van der Waals surface area contributed by atoms with E-state index in [0.717, 1.165) is 19.4 Å². The van der Waals surface area contributed by atoms with Crippen molar-refractivity contribution in [1.29, 1.82) is 0 Å². The zero-order valence-electron chi connectivity index (χ0n) is 15.8. The highest BCUT2D eigenvalue weighted by Gasteiger charge is 2.27. The second-order valence-corrected chi connectivity index (χ2v) is 7.57. The van der Waals surface area contributed by atoms with Crippen molar-refractivity contribution in [3.63, 3.8) is 0 Å². The quantitative estimate of drug-likeness (QED) is 0.688. The molecule has 1 aliphatic heterocycles. The standard InChI is InChI=1S/C20H20FN5O2S/c1-28-17-6-5-13(10-15(17)21)16-12-29-20(24-16)25-18(27)14-4-2-9-26(11-14)19-22-7-3-8-23-19/h3,5-8,10,12,14H,2,4,9,11H2,1H3,(H,24,25,27). The Morgan fingerprint density at radius 1 is 1.34 bits per heavy atom. The molecule has 0 radical (unpaired) electrons. The first-order valence-electron chi connectivity index (χ1n) is 9.26. The fourth-order valence-corrected chi connectivity index (χ4v) is 4.05. The van der Waals surface area contributed by atoms with Crippen molar-refractivity contribution in [2.24, 2.45) is 5.92 Å². The molecule has 4 rings (SSSR count). The molecule has 1 aromatic carbocycles. The summed E-state index contributed by atoms with van der Waals surface area (Å²) in [5.41, 5.74) is 1.24. The number of carbonyl (C=O) groups excluding carboxylic acids is 1. The van der Waals surface area contributed by atoms with Crippen LogP contribution in [0.4, 0.5) is 15.5 Å². The minimum Gasteiger partial charge on any atom is -0.494 e. The average molecular weight is 413 g/mol. The average Bonchev–Trinajstić information content (AvgIpc) is 3.23. The van der Waals surface area contributed by atoms with Gasteiger partial charge in [-0.25, -0.2) is 19.3 Å². The van der Waals surface area contributed by atoms with Crippen LogP contribution in [-0.2, 0) is 4.79 Å². The number of carbonyl (C=O) groups is 1. The zero-order chi connectivity index (χ0) is 20.2. The largest absolute Gasteiger partial charge is 0.494 e. The summed E-state index contributed by atoms with van der Waals surface area (Å²) in [5, 5.41) is 5.18. The summed E-state index contributed by atoms with van der Waals surface area (Å²) in [6.45, 7) is 1.40. The summed E-state index contributed by atoms with van der Waals surface area (Å²) in [7, 11) is 1.42. The van der Waals surface area contributed by atoms with Gasteiger partial charge in [0.1, 0.15) is 0 Å². The molecule has 29 heavy (non-hydrogen) atoms. The number of aromatic nitrogens is 3. The predicted octanol–water partition coefficient (Wildman–Crippen LogP) is 3.60. The smallest absolute Gasteiger partial charge is 0.231 e. The molecule has 1 N–H and O–H groups in total. The van der Waals surface area contributed by atoms with Crippen molar-refractivity contribution >= 4 is 28.3 Å². The Hall–Kier alpha value is -3.07. The van der Waals surface area contributed by atoms with Crippen LogP contribution >= 0.6 is 11.3 Å². The summed E-state index contributed by atoms with van der Waals surface area (Å²) >= 11 is 1.31. The molecule has 1 fully saturated rings. The molecule has 0 saturated carbocycles. The minimum atomic E-state index is -0.450. The third kappa shape index (κ3) is 4.34. The molecule has 0 bridgehead atoms. The van der Waals surface area contributed by atoms with E-state index in [4.69, 9.17) is 4.74 Å². The molecular formula is C20H20FN5O2S. The Morgan fingerprint density at radius 2 is 2.17 bits per heavy atom. The van der Waals surface area contributed by atoms with Gasteiger partial charge in [-0.15, -0.1) is 11.3 Å². The molecule has 1 unspecified atom stereocenters. The molecule has 3 heterocycles. The third-order valence-corrected chi connectivity index (χ3v) is 5.57. The third-order valence-electron chi connectivity index (χ3n) is 4.81. The Kier molecular flexibility index (Phi) is 5.66. The molecule has 1 amide bonds. The molecule has 150 valence electrons. The Bertz CT molecular complexity index is 998. The number of piperidine rings is 1. The number of nitrogens with zero attached hydrogens (tertiary/aromatic N) is 4. The van der Waals surface area contributed by atoms with E-state index in [-0.39, 0.29) is 17.6 Å². The minimum absolute atomic E-state index is 0.0764. The fraction of sp³-hybridized carbons (Fsp3) is 0.300. The van der Waals surface area contributed by atoms with Crippen LogP contribution in [0.3, 0.4) is 0 Å². The lowest BCUT2D eigenvalue weighted by Crippen LogP contribution is -2.41. The fourth-order valence-electron chi connectivity index (χ4n) is 3.32. The maximum atomic E-state index is 13.9. The highest BCUT2D eigenvalue weighted by Crippen LogP contribution is 2.29. The molecule has 3 aromatic rings. The van der Waals surface area contributed by atoms with Gasteiger partial charge in [-0.2, -0.15) is 0 Å². The number of amides is 1. The van der Waals surface area contributed by atoms with E-state index in [1.54, 1.807) is 36.0 Å². The Balaban J connectivity index is 1.42. The normalized spacial score (nSPS) is 16.5. The van der Waals surface area contributed by atoms with Crippen LogP contribution in [0, 0.1) is 11.7 Å². The molecule has 1 aliphatic rings. The number of halogens is 1. The van der Waals surface area contributed by atoms with E-state index in [1.807, 2.05) is 4.90 Å². The van der Waals surface area contributed by atoms with Crippen LogP contribution in [0.2, 0.25) is 0 Å². The summed E-state index contributed by atoms with van der Waals surface area (Å²) < 4.78 is 18.9. The summed E-state index contributed by atoms with van der Waals surface area (Å²) in [5.74, 6) is 0.129.